The summed E-state index contributed by atoms with van der Waals surface area (Å²) in [6, 6.07) is 36.3. The molecule has 0 saturated carbocycles. The molecule has 3 aromatic heterocycles. The van der Waals surface area contributed by atoms with Crippen molar-refractivity contribution in [1.29, 1.82) is 0 Å². The predicted octanol–water partition coefficient (Wildman–Crippen LogP) is 14.4. The van der Waals surface area contributed by atoms with E-state index in [1.807, 2.05) is 46.2 Å². The van der Waals surface area contributed by atoms with Crippen LogP contribution in [0.1, 0.15) is 34.7 Å². The summed E-state index contributed by atoms with van der Waals surface area (Å²) in [6.45, 7) is 12.6. The highest BCUT2D eigenvalue weighted by Gasteiger charge is 2.18. The van der Waals surface area contributed by atoms with Gasteiger partial charge in [0.2, 0.25) is 0 Å². The van der Waals surface area contributed by atoms with Crippen LogP contribution in [0.5, 0.6) is 0 Å². The molecule has 8 aromatic rings. The molecule has 0 unspecified atom stereocenters. The number of thiophene rings is 3. The van der Waals surface area contributed by atoms with Gasteiger partial charge in [0.05, 0.1) is 0 Å². The molecule has 0 aliphatic carbocycles. The fourth-order valence-electron chi connectivity index (χ4n) is 6.89. The molecular weight excluding hydrogens is 613 g/mol. The monoisotopic (exact) mass is 644 g/mol. The molecule has 0 bridgehead atoms. The van der Waals surface area contributed by atoms with Crippen molar-refractivity contribution in [1.82, 2.24) is 0 Å². The Morgan fingerprint density at radius 1 is 0.565 bits per heavy atom. The van der Waals surface area contributed by atoms with Crippen LogP contribution in [0.15, 0.2) is 116 Å². The molecule has 0 aliphatic heterocycles. The maximum atomic E-state index is 4.15. The molecule has 8 rings (SSSR count). The van der Waals surface area contributed by atoms with E-state index in [-0.39, 0.29) is 0 Å². The molecule has 0 N–H and O–H groups in total. The average Bonchev–Trinajstić information content (AvgIpc) is 3.78. The largest absolute Gasteiger partial charge is 0.135 e. The molecule has 0 amide bonds. The van der Waals surface area contributed by atoms with Gasteiger partial charge in [0.25, 0.3) is 0 Å². The van der Waals surface area contributed by atoms with Crippen molar-refractivity contribution in [3.63, 3.8) is 0 Å². The van der Waals surface area contributed by atoms with Gasteiger partial charge in [0.15, 0.2) is 0 Å². The zero-order chi connectivity index (χ0) is 31.4. The average molecular weight is 645 g/mol. The zero-order valence-corrected chi connectivity index (χ0v) is 28.3. The molecule has 46 heavy (non-hydrogen) atoms. The quantitative estimate of drug-likeness (QED) is 0.162. The molecule has 222 valence electrons. The second-order valence-corrected chi connectivity index (χ2v) is 14.7. The summed E-state index contributed by atoms with van der Waals surface area (Å²) < 4.78 is 5.29. The van der Waals surface area contributed by atoms with Gasteiger partial charge in [-0.2, -0.15) is 0 Å². The maximum Gasteiger partial charge on any atom is 0.0433 e. The highest BCUT2D eigenvalue weighted by Crippen LogP contribution is 2.46. The van der Waals surface area contributed by atoms with Crippen LogP contribution in [0.25, 0.3) is 92.0 Å². The van der Waals surface area contributed by atoms with E-state index in [2.05, 4.69) is 136 Å². The summed E-state index contributed by atoms with van der Waals surface area (Å²) in [5, 5.41) is 5.26. The first kappa shape index (κ1) is 28.9. The third-order valence-electron chi connectivity index (χ3n) is 8.96. The van der Waals surface area contributed by atoms with Crippen molar-refractivity contribution in [3.8, 4) is 33.4 Å². The van der Waals surface area contributed by atoms with Gasteiger partial charge in [0.1, 0.15) is 0 Å². The Bertz CT molecular complexity index is 2510. The smallest absolute Gasteiger partial charge is 0.0433 e. The van der Waals surface area contributed by atoms with Crippen LogP contribution < -0.4 is 0 Å². The van der Waals surface area contributed by atoms with Crippen LogP contribution in [0.3, 0.4) is 0 Å². The fraction of sp³-hybridized carbons (Fsp3) is 0.0698. The highest BCUT2D eigenvalue weighted by atomic mass is 32.1. The van der Waals surface area contributed by atoms with Crippen LogP contribution >= 0.6 is 34.0 Å². The van der Waals surface area contributed by atoms with Crippen molar-refractivity contribution < 1.29 is 0 Å². The zero-order valence-electron chi connectivity index (χ0n) is 25.9. The number of rotatable bonds is 7. The number of hydrogen-bond donors (Lipinski definition) is 0. The van der Waals surface area contributed by atoms with Gasteiger partial charge in [-0.3, -0.25) is 0 Å². The summed E-state index contributed by atoms with van der Waals surface area (Å²) in [4.78, 5) is 2.48. The van der Waals surface area contributed by atoms with Crippen LogP contribution in [-0.2, 0) is 6.42 Å². The SMILES string of the molecule is C=Cc1sc2c(-c3cc(-c4cccc5c(CC)c(C=C)sc45)cc(-c4cccc5c4sc4ccccc45)c3)cccc2c1/C=C\C. The van der Waals surface area contributed by atoms with Gasteiger partial charge in [-0.05, 0) is 87.5 Å². The van der Waals surface area contributed by atoms with Gasteiger partial charge in [0, 0.05) is 44.7 Å². The first-order valence-corrected chi connectivity index (χ1v) is 18.1. The lowest BCUT2D eigenvalue weighted by atomic mass is 9.91. The number of benzene rings is 5. The van der Waals surface area contributed by atoms with E-state index in [9.17, 15) is 0 Å². The summed E-state index contributed by atoms with van der Waals surface area (Å²) >= 11 is 5.59. The Hall–Kier alpha value is -4.54. The fourth-order valence-corrected chi connectivity index (χ4v) is 10.6. The van der Waals surface area contributed by atoms with E-state index in [1.165, 1.54) is 94.6 Å². The standard InChI is InChI=1S/C43H32S3/c1-5-14-33-36-20-12-17-31(42(36)45-39(33)8-4)27-23-26(30-16-11-19-35-29(6-2)38(7-3)44-41(30)35)24-28(25-27)32-18-13-21-37-34-15-9-10-22-40(34)46-43(32)37/h5,7-25H,3-4,6H2,1-2H3/b14-5-. The van der Waals surface area contributed by atoms with E-state index >= 15 is 0 Å². The number of hydrogen-bond acceptors (Lipinski definition) is 3. The predicted molar refractivity (Wildman–Crippen MR) is 211 cm³/mol. The Morgan fingerprint density at radius 2 is 1.09 bits per heavy atom. The van der Waals surface area contributed by atoms with E-state index in [1.54, 1.807) is 0 Å². The molecule has 0 radical (unpaired) electrons. The molecule has 3 heterocycles. The van der Waals surface area contributed by atoms with Gasteiger partial charge in [-0.15, -0.1) is 34.0 Å². The molecular formula is C43H32S3. The van der Waals surface area contributed by atoms with Gasteiger partial charge in [-0.25, -0.2) is 0 Å². The lowest BCUT2D eigenvalue weighted by Gasteiger charge is -2.13. The summed E-state index contributed by atoms with van der Waals surface area (Å²) in [6.07, 6.45) is 9.34. The minimum Gasteiger partial charge on any atom is -0.135 e. The molecule has 5 aromatic carbocycles. The van der Waals surface area contributed by atoms with Crippen LogP contribution in [0, 0.1) is 0 Å². The molecule has 0 atom stereocenters. The minimum atomic E-state index is 0.991. The van der Waals surface area contributed by atoms with Crippen molar-refractivity contribution in [2.45, 2.75) is 20.3 Å². The Labute approximate surface area is 281 Å². The summed E-state index contributed by atoms with van der Waals surface area (Å²) in [5.41, 5.74) is 10.2. The second-order valence-electron chi connectivity index (χ2n) is 11.5. The Balaban J connectivity index is 1.45. The van der Waals surface area contributed by atoms with E-state index < -0.39 is 0 Å². The molecule has 0 nitrogen and oxygen atoms in total. The number of allylic oxidation sites excluding steroid dienone is 1. The van der Waals surface area contributed by atoms with Gasteiger partial charge < -0.3 is 0 Å². The van der Waals surface area contributed by atoms with Crippen molar-refractivity contribution in [3.05, 3.63) is 137 Å². The second kappa shape index (κ2) is 11.7. The molecule has 0 aliphatic rings. The van der Waals surface area contributed by atoms with Crippen LogP contribution in [0.4, 0.5) is 0 Å². The normalized spacial score (nSPS) is 11.9. The third-order valence-corrected chi connectivity index (χ3v) is 12.7. The highest BCUT2D eigenvalue weighted by molar-refractivity contribution is 7.26. The third kappa shape index (κ3) is 4.53. The summed E-state index contributed by atoms with van der Waals surface area (Å²) in [5.74, 6) is 0. The molecule has 0 fully saturated rings. The Morgan fingerprint density at radius 3 is 1.70 bits per heavy atom. The van der Waals surface area contributed by atoms with Crippen molar-refractivity contribution >= 4 is 92.6 Å². The summed E-state index contributed by atoms with van der Waals surface area (Å²) in [7, 11) is 0. The molecule has 0 saturated heterocycles. The maximum absolute atomic E-state index is 4.15. The molecule has 0 spiro atoms. The van der Waals surface area contributed by atoms with E-state index in [4.69, 9.17) is 0 Å². The van der Waals surface area contributed by atoms with Crippen LogP contribution in [0.2, 0.25) is 0 Å². The molecule has 3 heteroatoms. The van der Waals surface area contributed by atoms with E-state index in [0.29, 0.717) is 0 Å². The lowest BCUT2D eigenvalue weighted by Crippen LogP contribution is -1.87. The lowest BCUT2D eigenvalue weighted by molar-refractivity contribution is 1.17. The first-order valence-electron chi connectivity index (χ1n) is 15.7. The van der Waals surface area contributed by atoms with E-state index in [0.717, 1.165) is 6.42 Å². The van der Waals surface area contributed by atoms with Crippen molar-refractivity contribution in [2.24, 2.45) is 0 Å². The first-order chi connectivity index (χ1) is 22.6. The number of aryl methyl sites for hydroxylation is 1. The van der Waals surface area contributed by atoms with Gasteiger partial charge in [-0.1, -0.05) is 117 Å². The van der Waals surface area contributed by atoms with Gasteiger partial charge >= 0.3 is 0 Å². The van der Waals surface area contributed by atoms with Crippen LogP contribution in [-0.4, -0.2) is 0 Å². The Kier molecular flexibility index (Phi) is 7.33. The van der Waals surface area contributed by atoms with Crippen molar-refractivity contribution in [2.75, 3.05) is 0 Å². The topological polar surface area (TPSA) is 0 Å². The number of fused-ring (bicyclic) bond motifs is 5. The minimum absolute atomic E-state index is 0.991.